The summed E-state index contributed by atoms with van der Waals surface area (Å²) >= 11 is 0. The number of anilines is 2. The number of benzene rings is 4. The van der Waals surface area contributed by atoms with E-state index >= 15 is 0 Å². The highest BCUT2D eigenvalue weighted by Gasteiger charge is 2.34. The van der Waals surface area contributed by atoms with Gasteiger partial charge in [-0.05, 0) is 67.6 Å². The number of hydrogen-bond donors (Lipinski definition) is 1. The van der Waals surface area contributed by atoms with Crippen molar-refractivity contribution in [2.45, 2.75) is 13.0 Å². The topological polar surface area (TPSA) is 135 Å². The van der Waals surface area contributed by atoms with Crippen molar-refractivity contribution in [1.29, 1.82) is 0 Å². The quantitative estimate of drug-likeness (QED) is 0.100. The van der Waals surface area contributed by atoms with Crippen molar-refractivity contribution in [2.24, 2.45) is 0 Å². The molecule has 6 rings (SSSR count). The molecule has 1 atom stereocenters. The fourth-order valence-corrected chi connectivity index (χ4v) is 5.54. The normalized spacial score (nSPS) is 12.8. The van der Waals surface area contributed by atoms with Crippen LogP contribution in [0.3, 0.4) is 0 Å². The lowest BCUT2D eigenvalue weighted by Gasteiger charge is -2.30. The summed E-state index contributed by atoms with van der Waals surface area (Å²) in [5, 5.41) is 12.8. The van der Waals surface area contributed by atoms with E-state index in [0.717, 1.165) is 16.5 Å². The van der Waals surface area contributed by atoms with Crippen LogP contribution in [-0.2, 0) is 14.3 Å². The number of carbonyl (C=O) groups is 4. The molecule has 240 valence electrons. The minimum atomic E-state index is -0.524. The molecule has 2 heterocycles. The van der Waals surface area contributed by atoms with Gasteiger partial charge in [-0.2, -0.15) is 0 Å². The number of ether oxygens (including phenoxy) is 1. The summed E-state index contributed by atoms with van der Waals surface area (Å²) < 4.78 is 11.1. The van der Waals surface area contributed by atoms with E-state index in [0.29, 0.717) is 57.2 Å². The molecule has 1 aromatic heterocycles. The Morgan fingerprint density at radius 3 is 2.21 bits per heavy atom. The van der Waals surface area contributed by atoms with Gasteiger partial charge in [-0.1, -0.05) is 43.5 Å². The van der Waals surface area contributed by atoms with E-state index in [1.807, 2.05) is 36.4 Å². The van der Waals surface area contributed by atoms with Crippen LogP contribution < -0.4 is 10.2 Å². The first-order valence-corrected chi connectivity index (χ1v) is 15.2. The van der Waals surface area contributed by atoms with Crippen molar-refractivity contribution in [3.8, 4) is 22.9 Å². The van der Waals surface area contributed by atoms with Crippen LogP contribution in [0.15, 0.2) is 115 Å². The third kappa shape index (κ3) is 6.21. The van der Waals surface area contributed by atoms with Crippen molar-refractivity contribution in [1.82, 2.24) is 15.1 Å². The molecule has 0 spiro atoms. The van der Waals surface area contributed by atoms with Crippen LogP contribution in [0.25, 0.3) is 33.7 Å². The Balaban J connectivity index is 1.19. The Morgan fingerprint density at radius 1 is 0.875 bits per heavy atom. The van der Waals surface area contributed by atoms with E-state index in [-0.39, 0.29) is 13.1 Å². The minimum Gasteiger partial charge on any atom is -0.458 e. The first-order valence-electron chi connectivity index (χ1n) is 15.2. The summed E-state index contributed by atoms with van der Waals surface area (Å²) in [5.74, 6) is -1.13. The molecule has 5 aromatic rings. The standard InChI is InChI=1S/C37H31N5O6/c1-4-31(43)41(26-16-14-25(15-17-26)35-40-39-34(48-35)24-10-7-6-8-11-24)20-21-42-36(45)28-13-9-12-27-30(19-18-29(33(27)28)37(42)46)38-22-23(3)47-32(44)5-2/h4-19,23,38H,1-2,20-22H2,3H3. The molecular formula is C37H31N5O6. The highest BCUT2D eigenvalue weighted by molar-refractivity contribution is 6.26. The monoisotopic (exact) mass is 641 g/mol. The predicted molar refractivity (Wildman–Crippen MR) is 181 cm³/mol. The maximum absolute atomic E-state index is 13.7. The van der Waals surface area contributed by atoms with Crippen molar-refractivity contribution < 1.29 is 28.3 Å². The molecule has 0 radical (unpaired) electrons. The molecule has 11 nitrogen and oxygen atoms in total. The average molecular weight is 642 g/mol. The van der Waals surface area contributed by atoms with E-state index in [9.17, 15) is 19.2 Å². The van der Waals surface area contributed by atoms with E-state index in [1.165, 1.54) is 11.0 Å². The fourth-order valence-electron chi connectivity index (χ4n) is 5.54. The Bertz CT molecular complexity index is 2030. The Hall–Kier alpha value is -6.36. The lowest BCUT2D eigenvalue weighted by atomic mass is 9.93. The molecule has 3 amide bonds. The van der Waals surface area contributed by atoms with E-state index in [1.54, 1.807) is 55.5 Å². The second-order valence-corrected chi connectivity index (χ2v) is 11.0. The number of amides is 3. The number of imide groups is 1. The van der Waals surface area contributed by atoms with Crippen molar-refractivity contribution >= 4 is 45.8 Å². The van der Waals surface area contributed by atoms with Crippen molar-refractivity contribution in [3.63, 3.8) is 0 Å². The van der Waals surface area contributed by atoms with Crippen molar-refractivity contribution in [2.75, 3.05) is 29.9 Å². The number of rotatable bonds is 12. The van der Waals surface area contributed by atoms with Gasteiger partial charge in [0.1, 0.15) is 6.10 Å². The van der Waals surface area contributed by atoms with Gasteiger partial charge in [0.2, 0.25) is 17.7 Å². The molecule has 4 aromatic carbocycles. The number of aromatic nitrogens is 2. The molecule has 1 aliphatic heterocycles. The van der Waals surface area contributed by atoms with Crippen LogP contribution in [0.5, 0.6) is 0 Å². The molecule has 1 unspecified atom stereocenters. The summed E-state index contributed by atoms with van der Waals surface area (Å²) in [6.07, 6.45) is 1.84. The van der Waals surface area contributed by atoms with Crippen LogP contribution in [0.2, 0.25) is 0 Å². The molecule has 11 heteroatoms. The highest BCUT2D eigenvalue weighted by Crippen LogP contribution is 2.35. The van der Waals surface area contributed by atoms with Crippen LogP contribution in [0.4, 0.5) is 11.4 Å². The van der Waals surface area contributed by atoms with Gasteiger partial charge in [0, 0.05) is 63.6 Å². The molecule has 0 fully saturated rings. The summed E-state index contributed by atoms with van der Waals surface area (Å²) in [4.78, 5) is 54.5. The zero-order valence-electron chi connectivity index (χ0n) is 26.1. The maximum atomic E-state index is 13.7. The van der Waals surface area contributed by atoms with Gasteiger partial charge >= 0.3 is 5.97 Å². The maximum Gasteiger partial charge on any atom is 0.330 e. The third-order valence-corrected chi connectivity index (χ3v) is 7.92. The molecular weight excluding hydrogens is 610 g/mol. The van der Waals surface area contributed by atoms with Crippen LogP contribution in [-0.4, -0.2) is 64.5 Å². The number of hydrogen-bond acceptors (Lipinski definition) is 9. The number of nitrogens with one attached hydrogen (secondary N) is 1. The fraction of sp³-hybridized carbons (Fsp3) is 0.135. The average Bonchev–Trinajstić information content (AvgIpc) is 3.62. The van der Waals surface area contributed by atoms with Gasteiger partial charge in [0.15, 0.2) is 0 Å². The van der Waals surface area contributed by atoms with Crippen molar-refractivity contribution in [3.05, 3.63) is 121 Å². The molecule has 48 heavy (non-hydrogen) atoms. The second kappa shape index (κ2) is 13.6. The third-order valence-electron chi connectivity index (χ3n) is 7.92. The first-order chi connectivity index (χ1) is 23.3. The van der Waals surface area contributed by atoms with E-state index in [4.69, 9.17) is 9.15 Å². The van der Waals surface area contributed by atoms with Crippen LogP contribution in [0.1, 0.15) is 27.6 Å². The van der Waals surface area contributed by atoms with E-state index < -0.39 is 29.8 Å². The highest BCUT2D eigenvalue weighted by atomic mass is 16.5. The Morgan fingerprint density at radius 2 is 1.54 bits per heavy atom. The lowest BCUT2D eigenvalue weighted by Crippen LogP contribution is -2.45. The van der Waals surface area contributed by atoms with Gasteiger partial charge in [-0.25, -0.2) is 4.79 Å². The predicted octanol–water partition coefficient (Wildman–Crippen LogP) is 5.90. The summed E-state index contributed by atoms with van der Waals surface area (Å²) in [7, 11) is 0. The number of carbonyl (C=O) groups excluding carboxylic acids is 4. The van der Waals surface area contributed by atoms with Crippen LogP contribution in [0, 0.1) is 0 Å². The molecule has 1 N–H and O–H groups in total. The molecule has 0 aliphatic carbocycles. The van der Waals surface area contributed by atoms with Gasteiger partial charge < -0.3 is 19.4 Å². The largest absolute Gasteiger partial charge is 0.458 e. The first kappa shape index (κ1) is 31.6. The molecule has 0 bridgehead atoms. The van der Waals surface area contributed by atoms with Gasteiger partial charge in [-0.15, -0.1) is 10.2 Å². The SMILES string of the molecule is C=CC(=O)OC(C)CNc1ccc2c3c(cccc13)C(=O)N(CCN(C(=O)C=C)c1ccc(-c3nnc(-c4ccccc4)o3)cc1)C2=O. The van der Waals surface area contributed by atoms with Crippen LogP contribution >= 0.6 is 0 Å². The van der Waals surface area contributed by atoms with Gasteiger partial charge in [0.05, 0.1) is 6.54 Å². The number of esters is 1. The molecule has 0 saturated carbocycles. The lowest BCUT2D eigenvalue weighted by molar-refractivity contribution is -0.141. The summed E-state index contributed by atoms with van der Waals surface area (Å²) in [6, 6.07) is 25.1. The zero-order chi connectivity index (χ0) is 33.8. The summed E-state index contributed by atoms with van der Waals surface area (Å²) in [5.41, 5.74) is 3.43. The molecule has 1 aliphatic rings. The second-order valence-electron chi connectivity index (χ2n) is 11.0. The smallest absolute Gasteiger partial charge is 0.330 e. The van der Waals surface area contributed by atoms with Gasteiger partial charge in [-0.3, -0.25) is 19.3 Å². The zero-order valence-corrected chi connectivity index (χ0v) is 26.1. The minimum absolute atomic E-state index is 0.0344. The Kier molecular flexibility index (Phi) is 8.93. The summed E-state index contributed by atoms with van der Waals surface area (Å²) in [6.45, 7) is 9.08. The Labute approximate surface area is 276 Å². The number of nitrogens with zero attached hydrogens (tertiary/aromatic N) is 4. The van der Waals surface area contributed by atoms with E-state index in [2.05, 4.69) is 28.7 Å². The molecule has 0 saturated heterocycles. The van der Waals surface area contributed by atoms with Gasteiger partial charge in [0.25, 0.3) is 11.8 Å².